The summed E-state index contributed by atoms with van der Waals surface area (Å²) in [4.78, 5) is 27.0. The Kier molecular flexibility index (Phi) is 4.25. The molecule has 1 N–H and O–H groups in total. The average Bonchev–Trinajstić information content (AvgIpc) is 2.52. The van der Waals surface area contributed by atoms with Gasteiger partial charge in [-0.15, -0.1) is 0 Å². The Labute approximate surface area is 139 Å². The third-order valence-corrected chi connectivity index (χ3v) is 3.88. The Morgan fingerprint density at radius 2 is 2.04 bits per heavy atom. The highest BCUT2D eigenvalue weighted by Gasteiger charge is 2.31. The van der Waals surface area contributed by atoms with Crippen LogP contribution in [0.15, 0.2) is 47.3 Å². The summed E-state index contributed by atoms with van der Waals surface area (Å²) in [6, 6.07) is 9.10. The summed E-state index contributed by atoms with van der Waals surface area (Å²) in [7, 11) is 0. The van der Waals surface area contributed by atoms with Crippen molar-refractivity contribution in [3.05, 3.63) is 69.7 Å². The number of aromatic nitrogens is 1. The second-order valence-corrected chi connectivity index (χ2v) is 6.10. The number of aromatic amines is 1. The molecule has 5 nitrogen and oxygen atoms in total. The van der Waals surface area contributed by atoms with Gasteiger partial charge in [0.05, 0.1) is 12.0 Å². The largest absolute Gasteiger partial charge is 0.489 e. The summed E-state index contributed by atoms with van der Waals surface area (Å²) in [6.45, 7) is 7.90. The second kappa shape index (κ2) is 6.35. The number of benzene rings is 1. The highest BCUT2D eigenvalue weighted by Crippen LogP contribution is 2.36. The second-order valence-electron chi connectivity index (χ2n) is 6.10. The van der Waals surface area contributed by atoms with Gasteiger partial charge in [-0.2, -0.15) is 0 Å². The van der Waals surface area contributed by atoms with Gasteiger partial charge < -0.3 is 14.5 Å². The molecule has 0 saturated carbocycles. The number of pyridine rings is 1. The van der Waals surface area contributed by atoms with E-state index in [-0.39, 0.29) is 23.9 Å². The number of rotatable bonds is 4. The van der Waals surface area contributed by atoms with Crippen molar-refractivity contribution in [3.63, 3.8) is 0 Å². The van der Waals surface area contributed by atoms with Gasteiger partial charge in [0.2, 0.25) is 0 Å². The van der Waals surface area contributed by atoms with Gasteiger partial charge in [-0.25, -0.2) is 0 Å². The number of esters is 1. The normalized spacial score (nSPS) is 16.2. The number of carbonyl (C=O) groups excluding carboxylic acids is 1. The number of ether oxygens (including phenoxy) is 2. The van der Waals surface area contributed by atoms with Crippen molar-refractivity contribution in [1.29, 1.82) is 0 Å². The quantitative estimate of drug-likeness (QED) is 0.693. The van der Waals surface area contributed by atoms with Crippen LogP contribution in [-0.2, 0) is 4.79 Å². The predicted octanol–water partition coefficient (Wildman–Crippen LogP) is 3.08. The van der Waals surface area contributed by atoms with Crippen molar-refractivity contribution in [2.24, 2.45) is 0 Å². The summed E-state index contributed by atoms with van der Waals surface area (Å²) >= 11 is 0. The summed E-state index contributed by atoms with van der Waals surface area (Å²) in [6.07, 6.45) is 0.144. The van der Waals surface area contributed by atoms with Crippen molar-refractivity contribution in [2.75, 3.05) is 6.61 Å². The minimum Gasteiger partial charge on any atom is -0.489 e. The SMILES string of the molecule is C=C(C)COc1ccc([C@@H]2CC(=O)Oc3cc(C)[nH]c(=O)c32)cc1. The van der Waals surface area contributed by atoms with Gasteiger partial charge in [-0.05, 0) is 37.1 Å². The lowest BCUT2D eigenvalue weighted by molar-refractivity contribution is -0.135. The first-order chi connectivity index (χ1) is 11.4. The summed E-state index contributed by atoms with van der Waals surface area (Å²) in [5.74, 6) is 0.416. The van der Waals surface area contributed by atoms with E-state index in [1.807, 2.05) is 31.2 Å². The molecule has 0 radical (unpaired) electrons. The lowest BCUT2D eigenvalue weighted by atomic mass is 9.87. The molecule has 124 valence electrons. The summed E-state index contributed by atoms with van der Waals surface area (Å²) < 4.78 is 10.8. The standard InChI is InChI=1S/C19H19NO4/c1-11(2)10-23-14-6-4-13(5-7-14)15-9-17(21)24-16-8-12(3)20-19(22)18(15)16/h4-8,15H,1,9-10H2,2-3H3,(H,20,22)/t15-/m0/s1. The van der Waals surface area contributed by atoms with Gasteiger partial charge in [0.15, 0.2) is 0 Å². The van der Waals surface area contributed by atoms with Crippen LogP contribution < -0.4 is 15.0 Å². The number of nitrogens with one attached hydrogen (secondary N) is 1. The molecule has 0 fully saturated rings. The highest BCUT2D eigenvalue weighted by molar-refractivity contribution is 5.77. The molecule has 5 heteroatoms. The van der Waals surface area contributed by atoms with E-state index in [0.29, 0.717) is 23.6 Å². The van der Waals surface area contributed by atoms with Crippen molar-refractivity contribution >= 4 is 5.97 Å². The van der Waals surface area contributed by atoms with Crippen LogP contribution in [0.2, 0.25) is 0 Å². The van der Waals surface area contributed by atoms with Gasteiger partial charge in [0, 0.05) is 17.7 Å². The topological polar surface area (TPSA) is 68.4 Å². The van der Waals surface area contributed by atoms with Gasteiger partial charge in [0.1, 0.15) is 18.1 Å². The Bertz CT molecular complexity index is 849. The molecule has 0 unspecified atom stereocenters. The molecule has 1 aliphatic heterocycles. The van der Waals surface area contributed by atoms with Crippen LogP contribution >= 0.6 is 0 Å². The van der Waals surface area contributed by atoms with Crippen molar-refractivity contribution < 1.29 is 14.3 Å². The molecular formula is C19H19NO4. The zero-order chi connectivity index (χ0) is 17.3. The van der Waals surface area contributed by atoms with E-state index >= 15 is 0 Å². The number of hydrogen-bond acceptors (Lipinski definition) is 4. The van der Waals surface area contributed by atoms with Crippen LogP contribution in [0.4, 0.5) is 0 Å². The molecule has 1 atom stereocenters. The van der Waals surface area contributed by atoms with E-state index < -0.39 is 0 Å². The average molecular weight is 325 g/mol. The lowest BCUT2D eigenvalue weighted by Crippen LogP contribution is -2.28. The Morgan fingerprint density at radius 3 is 2.71 bits per heavy atom. The number of hydrogen-bond donors (Lipinski definition) is 1. The van der Waals surface area contributed by atoms with Crippen LogP contribution in [-0.4, -0.2) is 17.6 Å². The number of carbonyl (C=O) groups is 1. The zero-order valence-electron chi connectivity index (χ0n) is 13.7. The fourth-order valence-electron chi connectivity index (χ4n) is 2.80. The van der Waals surface area contributed by atoms with E-state index in [1.165, 1.54) is 0 Å². The fraction of sp³-hybridized carbons (Fsp3) is 0.263. The maximum Gasteiger partial charge on any atom is 0.312 e. The maximum absolute atomic E-state index is 12.3. The smallest absolute Gasteiger partial charge is 0.312 e. The van der Waals surface area contributed by atoms with Crippen LogP contribution in [0.5, 0.6) is 11.5 Å². The minimum atomic E-state index is -0.333. The first-order valence-corrected chi connectivity index (χ1v) is 7.75. The number of H-pyrrole nitrogens is 1. The Balaban J connectivity index is 1.94. The predicted molar refractivity (Wildman–Crippen MR) is 90.6 cm³/mol. The molecule has 1 aliphatic rings. The third-order valence-electron chi connectivity index (χ3n) is 3.88. The third kappa shape index (κ3) is 3.25. The molecule has 2 heterocycles. The minimum absolute atomic E-state index is 0.144. The highest BCUT2D eigenvalue weighted by atomic mass is 16.5. The fourth-order valence-corrected chi connectivity index (χ4v) is 2.80. The van der Waals surface area contributed by atoms with Gasteiger partial charge in [-0.3, -0.25) is 9.59 Å². The molecule has 0 spiro atoms. The summed E-state index contributed by atoms with van der Waals surface area (Å²) in [5, 5.41) is 0. The lowest BCUT2D eigenvalue weighted by Gasteiger charge is -2.24. The monoisotopic (exact) mass is 325 g/mol. The van der Waals surface area contributed by atoms with E-state index in [2.05, 4.69) is 11.6 Å². The van der Waals surface area contributed by atoms with E-state index in [9.17, 15) is 9.59 Å². The Hall–Kier alpha value is -2.82. The molecule has 2 aromatic rings. The molecule has 1 aromatic carbocycles. The van der Waals surface area contributed by atoms with Crippen molar-refractivity contribution in [3.8, 4) is 11.5 Å². The van der Waals surface area contributed by atoms with E-state index in [0.717, 1.165) is 16.9 Å². The molecule has 3 rings (SSSR count). The van der Waals surface area contributed by atoms with Crippen molar-refractivity contribution in [2.45, 2.75) is 26.2 Å². The zero-order valence-corrected chi connectivity index (χ0v) is 13.7. The molecule has 0 aliphatic carbocycles. The molecular weight excluding hydrogens is 306 g/mol. The first kappa shape index (κ1) is 16.1. The summed E-state index contributed by atoms with van der Waals surface area (Å²) in [5.41, 5.74) is 2.76. The van der Waals surface area contributed by atoms with Crippen molar-refractivity contribution in [1.82, 2.24) is 4.98 Å². The molecule has 0 amide bonds. The maximum atomic E-state index is 12.3. The van der Waals surface area contributed by atoms with Gasteiger partial charge in [0.25, 0.3) is 5.56 Å². The molecule has 0 bridgehead atoms. The van der Waals surface area contributed by atoms with Crippen LogP contribution in [0.3, 0.4) is 0 Å². The Morgan fingerprint density at radius 1 is 1.33 bits per heavy atom. The number of fused-ring (bicyclic) bond motifs is 1. The van der Waals surface area contributed by atoms with Crippen LogP contribution in [0.25, 0.3) is 0 Å². The van der Waals surface area contributed by atoms with Gasteiger partial charge >= 0.3 is 5.97 Å². The van der Waals surface area contributed by atoms with E-state index in [4.69, 9.17) is 9.47 Å². The molecule has 24 heavy (non-hydrogen) atoms. The van der Waals surface area contributed by atoms with Gasteiger partial charge in [-0.1, -0.05) is 18.7 Å². The first-order valence-electron chi connectivity index (χ1n) is 7.75. The van der Waals surface area contributed by atoms with E-state index in [1.54, 1.807) is 13.0 Å². The van der Waals surface area contributed by atoms with Crippen LogP contribution in [0, 0.1) is 6.92 Å². The molecule has 0 saturated heterocycles. The van der Waals surface area contributed by atoms with Crippen LogP contribution in [0.1, 0.15) is 36.1 Å². The molecule has 1 aromatic heterocycles. The number of aryl methyl sites for hydroxylation is 1.